The van der Waals surface area contributed by atoms with Gasteiger partial charge in [-0.15, -0.1) is 0 Å². The fourth-order valence-corrected chi connectivity index (χ4v) is 2.68. The van der Waals surface area contributed by atoms with Gasteiger partial charge in [-0.25, -0.2) is 26.8 Å². The molecule has 0 atom stereocenters. The van der Waals surface area contributed by atoms with E-state index in [1.807, 2.05) is 50.5 Å². The maximum absolute atomic E-state index is 13.3. The number of halogens is 6. The van der Waals surface area contributed by atoms with Crippen molar-refractivity contribution in [2.45, 2.75) is 12.8 Å². The van der Waals surface area contributed by atoms with Gasteiger partial charge in [-0.1, -0.05) is 0 Å². The normalized spacial score (nSPS) is 9.21. The van der Waals surface area contributed by atoms with E-state index in [2.05, 4.69) is 21.3 Å². The maximum Gasteiger partial charge on any atom is 0.325 e. The molecular weight excluding hydrogens is 839 g/mol. The minimum Gasteiger partial charge on any atom is -0.480 e. The third-order valence-electron chi connectivity index (χ3n) is 3.09. The molecule has 0 fully saturated rings. The fourth-order valence-electron chi connectivity index (χ4n) is 1.78. The van der Waals surface area contributed by atoms with Crippen LogP contribution in [0, 0.1) is 41.4 Å². The first-order valence-corrected chi connectivity index (χ1v) is 15.0. The second-order valence-electron chi connectivity index (χ2n) is 6.49. The number of rotatable bonds is 4. The van der Waals surface area contributed by atoms with Gasteiger partial charge < -0.3 is 21.5 Å². The van der Waals surface area contributed by atoms with Gasteiger partial charge in [-0.3, -0.25) is 19.3 Å². The molecule has 0 bridgehead atoms. The maximum atomic E-state index is 13.3. The third kappa shape index (κ3) is 28.1. The zero-order valence-electron chi connectivity index (χ0n) is 22.1. The smallest absolute Gasteiger partial charge is 0.325 e. The van der Waals surface area contributed by atoms with Crippen LogP contribution in [0.4, 0.5) is 34.1 Å². The lowest BCUT2D eigenvalue weighted by Crippen LogP contribution is -2.34. The zero-order valence-corrected chi connectivity index (χ0v) is 27.0. The molecule has 0 unspecified atom stereocenters. The molecule has 2 aromatic rings. The molecule has 0 spiro atoms. The van der Waals surface area contributed by atoms with Crippen molar-refractivity contribution in [3.63, 3.8) is 0 Å². The summed E-state index contributed by atoms with van der Waals surface area (Å²) in [4.78, 5) is 41.8. The van der Waals surface area contributed by atoms with Crippen LogP contribution in [-0.4, -0.2) is 50.9 Å². The van der Waals surface area contributed by atoms with Crippen molar-refractivity contribution in [2.75, 3.05) is 24.0 Å². The zero-order chi connectivity index (χ0) is 34.2. The Morgan fingerprint density at radius 3 is 1.67 bits per heavy atom. The summed E-state index contributed by atoms with van der Waals surface area (Å²) >= 11 is 3.90. The number of carboxylic acids is 1. The number of amides is 5. The highest BCUT2D eigenvalue weighted by Crippen LogP contribution is 2.17. The largest absolute Gasteiger partial charge is 0.480 e. The number of imide groups is 1. The molecule has 230 valence electrons. The van der Waals surface area contributed by atoms with E-state index in [4.69, 9.17) is 22.7 Å². The number of nitriles is 2. The van der Waals surface area contributed by atoms with Crippen LogP contribution in [0.2, 0.25) is 0 Å². The van der Waals surface area contributed by atoms with Gasteiger partial charge in [-0.05, 0) is 81.6 Å². The monoisotopic (exact) mass is 861 g/mol. The lowest BCUT2D eigenvalue weighted by molar-refractivity contribution is -0.135. The average Bonchev–Trinajstić information content (AvgIpc) is 2.83. The van der Waals surface area contributed by atoms with Gasteiger partial charge in [0, 0.05) is 17.8 Å². The number of carbonyl (C=O) groups excluding carboxylic acids is 3. The molecule has 2 rings (SSSR count). The highest BCUT2D eigenvalue weighted by Gasteiger charge is 2.10. The molecule has 0 aromatic heterocycles. The molecule has 0 saturated heterocycles. The number of benzene rings is 2. The van der Waals surface area contributed by atoms with Crippen molar-refractivity contribution in [3.8, 4) is 12.1 Å². The van der Waals surface area contributed by atoms with Crippen LogP contribution in [0.5, 0.6) is 0 Å². The number of nitrogens with one attached hydrogen (secondary N) is 3. The van der Waals surface area contributed by atoms with Crippen molar-refractivity contribution in [1.82, 2.24) is 5.32 Å². The van der Waals surface area contributed by atoms with E-state index in [9.17, 15) is 40.8 Å². The molecule has 20 heteroatoms. The standard InChI is InChI=1S/C10H7FIN3O2.C7H6FIN2O.C3H3NO2.CH3ClO2S.CH3F/c11-7-5-6(12)1-2-8(7)14-10(17)15-9(16)3-4-13;8-5-3-4(9)1-2-6(5)11-7(10)12;4-2-1-3(5)6;1-5(2,3)4;1-2/h1-2,5H,3H2,(H2,14,15,16,17);1-3H,(H3,10,11,12);1H2,(H,5,6);1H3;1H3/i;;;;1D. The van der Waals surface area contributed by atoms with Crippen LogP contribution in [0.3, 0.4) is 0 Å². The summed E-state index contributed by atoms with van der Waals surface area (Å²) in [7, 11) is 0.308. The highest BCUT2D eigenvalue weighted by atomic mass is 127. The summed E-state index contributed by atoms with van der Waals surface area (Å²) in [6.45, 7) is 0. The summed E-state index contributed by atoms with van der Waals surface area (Å²) in [6, 6.07) is 10.1. The average molecular weight is 862 g/mol. The quantitative estimate of drug-likeness (QED) is 0.212. The Labute approximate surface area is 271 Å². The van der Waals surface area contributed by atoms with Crippen molar-refractivity contribution in [2.24, 2.45) is 5.73 Å². The van der Waals surface area contributed by atoms with E-state index in [0.717, 1.165) is 9.83 Å². The van der Waals surface area contributed by atoms with Crippen LogP contribution in [0.1, 0.15) is 14.2 Å². The fraction of sp³-hybridized carbons (Fsp3) is 0.182. The molecule has 6 N–H and O–H groups in total. The van der Waals surface area contributed by atoms with Crippen molar-refractivity contribution in [1.29, 1.82) is 10.5 Å². The Hall–Kier alpha value is -3.41. The van der Waals surface area contributed by atoms with Gasteiger partial charge in [-0.2, -0.15) is 10.5 Å². The van der Waals surface area contributed by atoms with Crippen LogP contribution in [-0.2, 0) is 18.6 Å². The van der Waals surface area contributed by atoms with Crippen molar-refractivity contribution >= 4 is 100 Å². The van der Waals surface area contributed by atoms with Gasteiger partial charge in [0.05, 0.1) is 38.3 Å². The SMILES string of the molecule is CS(=O)(=O)Cl.N#CCC(=O)NC(=O)Nc1ccc(I)cc1F.N#CCC(=O)O.NC(=O)Nc1ccc(I)cc1F.[2H]CF. The number of nitrogens with two attached hydrogens (primary N) is 1. The summed E-state index contributed by atoms with van der Waals surface area (Å²) in [6.07, 6.45) is 0.0944. The van der Waals surface area contributed by atoms with E-state index >= 15 is 0 Å². The number of hydrogen-bond acceptors (Lipinski definition) is 8. The van der Waals surface area contributed by atoms with Gasteiger partial charge in [0.1, 0.15) is 24.5 Å². The minimum absolute atomic E-state index is 0.0346. The summed E-state index contributed by atoms with van der Waals surface area (Å²) in [5.41, 5.74) is 4.88. The number of urea groups is 2. The van der Waals surface area contributed by atoms with Crippen molar-refractivity contribution in [3.05, 3.63) is 55.2 Å². The van der Waals surface area contributed by atoms with E-state index in [1.54, 1.807) is 18.2 Å². The number of carbonyl (C=O) groups is 4. The Balaban J connectivity index is -0.000000533. The lowest BCUT2D eigenvalue weighted by Gasteiger charge is -2.06. The molecule has 0 aliphatic heterocycles. The number of anilines is 2. The topological polar surface area (TPSA) is 232 Å². The van der Waals surface area contributed by atoms with Gasteiger partial charge in [0.15, 0.2) is 0 Å². The Morgan fingerprint density at radius 1 is 1.00 bits per heavy atom. The van der Waals surface area contributed by atoms with Crippen molar-refractivity contribution < 1.29 is 47.2 Å². The van der Waals surface area contributed by atoms with Gasteiger partial charge in [0.2, 0.25) is 15.0 Å². The first kappa shape index (κ1) is 40.7. The number of aliphatic carboxylic acids is 1. The minimum atomic E-state index is -3.19. The molecule has 2 aromatic carbocycles. The lowest BCUT2D eigenvalue weighted by atomic mass is 10.3. The molecule has 0 aliphatic rings. The molecule has 13 nitrogen and oxygen atoms in total. The van der Waals surface area contributed by atoms with Crippen LogP contribution < -0.4 is 21.7 Å². The number of primary amides is 1. The van der Waals surface area contributed by atoms with E-state index in [-0.39, 0.29) is 11.4 Å². The molecule has 0 aliphatic carbocycles. The molecule has 0 heterocycles. The molecule has 0 radical (unpaired) electrons. The highest BCUT2D eigenvalue weighted by molar-refractivity contribution is 14.1. The second-order valence-corrected chi connectivity index (χ2v) is 12.0. The molecule has 5 amide bonds. The Morgan fingerprint density at radius 2 is 1.38 bits per heavy atom. The Bertz CT molecular complexity index is 1420. The first-order chi connectivity index (χ1) is 19.8. The van der Waals surface area contributed by atoms with E-state index in [1.165, 1.54) is 30.3 Å². The predicted molar refractivity (Wildman–Crippen MR) is 164 cm³/mol. The predicted octanol–water partition coefficient (Wildman–Crippen LogP) is 4.67. The summed E-state index contributed by atoms with van der Waals surface area (Å²) in [5.74, 6) is -2.89. The molecular formula is C22H22ClF3I2N6O7S. The number of alkyl halides is 1. The summed E-state index contributed by atoms with van der Waals surface area (Å²) in [5, 5.41) is 29.7. The third-order valence-corrected chi connectivity index (χ3v) is 4.43. The number of carboxylic acid groups (broad SMARTS) is 1. The van der Waals surface area contributed by atoms with E-state index in [0.29, 0.717) is 3.57 Å². The molecule has 42 heavy (non-hydrogen) atoms. The van der Waals surface area contributed by atoms with Crippen LogP contribution in [0.25, 0.3) is 0 Å². The second kappa shape index (κ2) is 24.2. The van der Waals surface area contributed by atoms with Crippen LogP contribution >= 0.6 is 55.9 Å². The first-order valence-electron chi connectivity index (χ1n) is 10.8. The molecule has 0 saturated carbocycles. The van der Waals surface area contributed by atoms with Gasteiger partial charge >= 0.3 is 18.0 Å². The number of nitrogens with zero attached hydrogens (tertiary/aromatic N) is 2. The summed E-state index contributed by atoms with van der Waals surface area (Å²) < 4.78 is 62.0. The van der Waals surface area contributed by atoms with Crippen LogP contribution in [0.15, 0.2) is 36.4 Å². The Kier molecular flexibility index (Phi) is 23.5. The van der Waals surface area contributed by atoms with Gasteiger partial charge in [0.25, 0.3) is 0 Å². The van der Waals surface area contributed by atoms with E-state index < -0.39 is 64.6 Å². The number of hydrogen-bond donors (Lipinski definition) is 5.